The molecule has 2 amide bonds. The van der Waals surface area contributed by atoms with E-state index in [2.05, 4.69) is 25.8 Å². The van der Waals surface area contributed by atoms with Crippen LogP contribution in [0.3, 0.4) is 0 Å². The lowest BCUT2D eigenvalue weighted by Gasteiger charge is -2.11. The van der Waals surface area contributed by atoms with Gasteiger partial charge in [0.2, 0.25) is 0 Å². The van der Waals surface area contributed by atoms with Gasteiger partial charge >= 0.3 is 6.03 Å². The quantitative estimate of drug-likeness (QED) is 0.612. The molecule has 0 saturated carbocycles. The minimum Gasteiger partial charge on any atom is -0.493 e. The van der Waals surface area contributed by atoms with Gasteiger partial charge in [-0.25, -0.2) is 19.1 Å². The predicted molar refractivity (Wildman–Crippen MR) is 100.0 cm³/mol. The molecule has 1 aromatic carbocycles. The fraction of sp³-hybridized carbons (Fsp3) is 0.235. The van der Waals surface area contributed by atoms with E-state index in [0.717, 1.165) is 0 Å². The van der Waals surface area contributed by atoms with E-state index in [1.54, 1.807) is 24.3 Å². The van der Waals surface area contributed by atoms with Crippen LogP contribution in [0, 0.1) is 0 Å². The average Bonchev–Trinajstić information content (AvgIpc) is 3.24. The molecule has 0 atom stereocenters. The maximum absolute atomic E-state index is 12.1. The molecule has 0 bridgehead atoms. The summed E-state index contributed by atoms with van der Waals surface area (Å²) in [5, 5.41) is 13.5. The van der Waals surface area contributed by atoms with Gasteiger partial charge in [0, 0.05) is 24.4 Å². The molecular weight excluding hydrogens is 366 g/mol. The van der Waals surface area contributed by atoms with Gasteiger partial charge in [0.05, 0.1) is 20.8 Å². The van der Waals surface area contributed by atoms with E-state index < -0.39 is 6.03 Å². The Kier molecular flexibility index (Phi) is 5.84. The maximum Gasteiger partial charge on any atom is 0.319 e. The molecule has 0 saturated heterocycles. The van der Waals surface area contributed by atoms with Crippen molar-refractivity contribution >= 4 is 11.7 Å². The molecular formula is C17H19N7O4. The molecule has 0 unspecified atom stereocenters. The van der Waals surface area contributed by atoms with Crippen molar-refractivity contribution in [2.75, 3.05) is 26.1 Å². The predicted octanol–water partition coefficient (Wildman–Crippen LogP) is 0.663. The van der Waals surface area contributed by atoms with Crippen molar-refractivity contribution in [1.29, 1.82) is 0 Å². The summed E-state index contributed by atoms with van der Waals surface area (Å²) in [6.07, 6.45) is 2.85. The second kappa shape index (κ2) is 8.66. The van der Waals surface area contributed by atoms with Crippen molar-refractivity contribution in [3.8, 4) is 17.3 Å². The van der Waals surface area contributed by atoms with Crippen LogP contribution in [0.5, 0.6) is 11.5 Å². The van der Waals surface area contributed by atoms with Gasteiger partial charge < -0.3 is 20.1 Å². The fourth-order valence-corrected chi connectivity index (χ4v) is 2.41. The summed E-state index contributed by atoms with van der Waals surface area (Å²) < 4.78 is 13.0. The summed E-state index contributed by atoms with van der Waals surface area (Å²) >= 11 is 0. The Balaban J connectivity index is 1.57. The van der Waals surface area contributed by atoms with Gasteiger partial charge in [-0.15, -0.1) is 5.10 Å². The van der Waals surface area contributed by atoms with Crippen molar-refractivity contribution in [3.63, 3.8) is 0 Å². The molecule has 0 fully saturated rings. The molecule has 11 nitrogen and oxygen atoms in total. The van der Waals surface area contributed by atoms with Crippen LogP contribution < -0.4 is 25.7 Å². The van der Waals surface area contributed by atoms with Crippen molar-refractivity contribution in [1.82, 2.24) is 29.9 Å². The van der Waals surface area contributed by atoms with E-state index in [0.29, 0.717) is 23.0 Å². The molecule has 0 spiro atoms. The highest BCUT2D eigenvalue weighted by molar-refractivity contribution is 5.89. The molecule has 2 N–H and O–H groups in total. The number of hydrogen-bond acceptors (Lipinski definition) is 7. The third kappa shape index (κ3) is 4.44. The maximum atomic E-state index is 12.1. The Morgan fingerprint density at radius 3 is 2.68 bits per heavy atom. The highest BCUT2D eigenvalue weighted by atomic mass is 16.5. The normalized spacial score (nSPS) is 10.4. The molecule has 0 aliphatic carbocycles. The number of aromatic nitrogens is 5. The van der Waals surface area contributed by atoms with Crippen molar-refractivity contribution < 1.29 is 14.3 Å². The number of benzene rings is 1. The van der Waals surface area contributed by atoms with Crippen LogP contribution in [0.1, 0.15) is 0 Å². The topological polar surface area (TPSA) is 125 Å². The monoisotopic (exact) mass is 385 g/mol. The van der Waals surface area contributed by atoms with Crippen LogP contribution in [0.15, 0.2) is 47.8 Å². The Labute approximate surface area is 159 Å². The van der Waals surface area contributed by atoms with Crippen LogP contribution in [0.2, 0.25) is 0 Å². The smallest absolute Gasteiger partial charge is 0.319 e. The molecule has 2 aromatic heterocycles. The average molecular weight is 385 g/mol. The summed E-state index contributed by atoms with van der Waals surface area (Å²) in [6, 6.07) is 7.53. The van der Waals surface area contributed by atoms with Crippen LogP contribution >= 0.6 is 0 Å². The van der Waals surface area contributed by atoms with Gasteiger partial charge in [-0.3, -0.25) is 4.79 Å². The van der Waals surface area contributed by atoms with Crippen LogP contribution in [0.25, 0.3) is 5.82 Å². The van der Waals surface area contributed by atoms with Crippen LogP contribution in [0.4, 0.5) is 10.5 Å². The van der Waals surface area contributed by atoms with Crippen molar-refractivity contribution in [2.45, 2.75) is 6.54 Å². The van der Waals surface area contributed by atoms with Crippen molar-refractivity contribution in [2.24, 2.45) is 0 Å². The largest absolute Gasteiger partial charge is 0.493 e. The van der Waals surface area contributed by atoms with E-state index in [-0.39, 0.29) is 18.6 Å². The number of hydrogen-bond donors (Lipinski definition) is 2. The van der Waals surface area contributed by atoms with Gasteiger partial charge in [0.25, 0.3) is 5.56 Å². The van der Waals surface area contributed by atoms with Crippen molar-refractivity contribution in [3.05, 3.63) is 53.3 Å². The third-order valence-electron chi connectivity index (χ3n) is 3.76. The lowest BCUT2D eigenvalue weighted by Crippen LogP contribution is -2.34. The third-order valence-corrected chi connectivity index (χ3v) is 3.76. The summed E-state index contributed by atoms with van der Waals surface area (Å²) in [7, 11) is 3.05. The molecule has 0 radical (unpaired) electrons. The molecule has 3 rings (SSSR count). The van der Waals surface area contributed by atoms with Crippen LogP contribution in [-0.2, 0) is 6.54 Å². The highest BCUT2D eigenvalue weighted by Gasteiger charge is 2.08. The summed E-state index contributed by atoms with van der Waals surface area (Å²) in [5.41, 5.74) is 0.254. The first-order valence-corrected chi connectivity index (χ1v) is 8.31. The van der Waals surface area contributed by atoms with E-state index >= 15 is 0 Å². The lowest BCUT2D eigenvalue weighted by atomic mass is 10.3. The number of nitrogens with zero attached hydrogens (tertiary/aromatic N) is 5. The van der Waals surface area contributed by atoms with Gasteiger partial charge in [-0.05, 0) is 18.2 Å². The minimum absolute atomic E-state index is 0.195. The number of carbonyl (C=O) groups is 1. The first kappa shape index (κ1) is 18.9. The zero-order chi connectivity index (χ0) is 19.9. The standard InChI is InChI=1S/C17H19N7O4/c1-27-13-4-3-12(9-14(13)28-2)21-17(26)19-7-8-23-16(25)6-5-15(22-23)24-11-18-10-20-24/h3-6,9-11H,7-8H2,1-2H3,(H2,19,21,26). The summed E-state index contributed by atoms with van der Waals surface area (Å²) in [5.74, 6) is 1.51. The van der Waals surface area contributed by atoms with Gasteiger partial charge in [0.1, 0.15) is 12.7 Å². The molecule has 0 aliphatic heterocycles. The SMILES string of the molecule is COc1ccc(NC(=O)NCCn2nc(-n3cncn3)ccc2=O)cc1OC. The second-order valence-electron chi connectivity index (χ2n) is 5.54. The zero-order valence-electron chi connectivity index (χ0n) is 15.3. The van der Waals surface area contributed by atoms with Crippen LogP contribution in [-0.4, -0.2) is 51.3 Å². The summed E-state index contributed by atoms with van der Waals surface area (Å²) in [6.45, 7) is 0.396. The first-order valence-electron chi connectivity index (χ1n) is 8.31. The van der Waals surface area contributed by atoms with Gasteiger partial charge in [-0.2, -0.15) is 5.10 Å². The number of nitrogens with one attached hydrogen (secondary N) is 2. The molecule has 11 heteroatoms. The Hall–Kier alpha value is -3.89. The van der Waals surface area contributed by atoms with E-state index in [4.69, 9.17) is 9.47 Å². The number of methoxy groups -OCH3 is 2. The second-order valence-corrected chi connectivity index (χ2v) is 5.54. The van der Waals surface area contributed by atoms with Gasteiger partial charge in [0.15, 0.2) is 17.3 Å². The Morgan fingerprint density at radius 1 is 1.14 bits per heavy atom. The van der Waals surface area contributed by atoms with Gasteiger partial charge in [-0.1, -0.05) is 0 Å². The number of urea groups is 1. The molecule has 3 aromatic rings. The molecule has 146 valence electrons. The highest BCUT2D eigenvalue weighted by Crippen LogP contribution is 2.29. The number of anilines is 1. The number of ether oxygens (including phenoxy) is 2. The molecule has 2 heterocycles. The van der Waals surface area contributed by atoms with E-state index in [1.807, 2.05) is 0 Å². The fourth-order valence-electron chi connectivity index (χ4n) is 2.41. The lowest BCUT2D eigenvalue weighted by molar-refractivity contribution is 0.251. The number of amides is 2. The Bertz CT molecular complexity index is 1000. The zero-order valence-corrected chi connectivity index (χ0v) is 15.3. The first-order chi connectivity index (χ1) is 13.6. The van der Waals surface area contributed by atoms with E-state index in [1.165, 1.54) is 42.3 Å². The van der Waals surface area contributed by atoms with E-state index in [9.17, 15) is 9.59 Å². The number of carbonyl (C=O) groups excluding carboxylic acids is 1. The minimum atomic E-state index is -0.423. The number of rotatable bonds is 7. The Morgan fingerprint density at radius 2 is 1.96 bits per heavy atom. The summed E-state index contributed by atoms with van der Waals surface area (Å²) in [4.78, 5) is 27.9. The molecule has 0 aliphatic rings. The molecule has 28 heavy (non-hydrogen) atoms.